The summed E-state index contributed by atoms with van der Waals surface area (Å²) in [6.07, 6.45) is 0. The van der Waals surface area contributed by atoms with Crippen molar-refractivity contribution in [3.05, 3.63) is 17.5 Å². The quantitative estimate of drug-likeness (QED) is 0.742. The molecule has 2 rings (SSSR count). The van der Waals surface area contributed by atoms with Crippen molar-refractivity contribution in [3.8, 4) is 0 Å². The predicted molar refractivity (Wildman–Crippen MR) is 59.3 cm³/mol. The van der Waals surface area contributed by atoms with E-state index in [0.29, 0.717) is 11.5 Å². The molecular weight excluding hydrogens is 206 g/mol. The number of carbonyl (C=O) groups excluding carboxylic acids is 1. The first-order chi connectivity index (χ1) is 7.70. The Balaban J connectivity index is 1.96. The molecule has 0 atom stereocenters. The van der Waals surface area contributed by atoms with E-state index in [1.807, 2.05) is 4.90 Å². The summed E-state index contributed by atoms with van der Waals surface area (Å²) < 4.78 is 4.91. The molecular formula is C11H17N3O2. The van der Waals surface area contributed by atoms with Gasteiger partial charge in [0.05, 0.1) is 0 Å². The Morgan fingerprint density at radius 2 is 2.12 bits per heavy atom. The van der Waals surface area contributed by atoms with Crippen molar-refractivity contribution in [2.75, 3.05) is 32.7 Å². The van der Waals surface area contributed by atoms with E-state index in [0.717, 1.165) is 32.7 Å². The molecule has 1 fully saturated rings. The zero-order valence-corrected chi connectivity index (χ0v) is 9.77. The Morgan fingerprint density at radius 1 is 1.44 bits per heavy atom. The number of nitrogens with zero attached hydrogens (tertiary/aromatic N) is 3. The summed E-state index contributed by atoms with van der Waals surface area (Å²) in [7, 11) is 0. The van der Waals surface area contributed by atoms with E-state index in [4.69, 9.17) is 4.52 Å². The van der Waals surface area contributed by atoms with Gasteiger partial charge in [-0.15, -0.1) is 0 Å². The van der Waals surface area contributed by atoms with Crippen LogP contribution >= 0.6 is 0 Å². The lowest BCUT2D eigenvalue weighted by molar-refractivity contribution is 0.0633. The summed E-state index contributed by atoms with van der Waals surface area (Å²) in [6, 6.07) is 1.69. The fourth-order valence-corrected chi connectivity index (χ4v) is 1.90. The zero-order valence-electron chi connectivity index (χ0n) is 9.77. The minimum atomic E-state index is -0.0207. The molecule has 88 valence electrons. The molecule has 0 spiro atoms. The standard InChI is InChI=1S/C11H17N3O2/c1-3-13-4-6-14(7-5-13)11(15)10-8-9(2)16-12-10/h8H,3-7H2,1-2H3. The highest BCUT2D eigenvalue weighted by molar-refractivity contribution is 5.92. The molecule has 0 aliphatic carbocycles. The molecule has 1 amide bonds. The van der Waals surface area contributed by atoms with Gasteiger partial charge in [-0.2, -0.15) is 0 Å². The molecule has 16 heavy (non-hydrogen) atoms. The van der Waals surface area contributed by atoms with Gasteiger partial charge in [0.25, 0.3) is 5.91 Å². The van der Waals surface area contributed by atoms with E-state index in [1.165, 1.54) is 0 Å². The predicted octanol–water partition coefficient (Wildman–Crippen LogP) is 0.761. The van der Waals surface area contributed by atoms with E-state index in [2.05, 4.69) is 17.0 Å². The molecule has 0 aromatic carbocycles. The number of hydrogen-bond donors (Lipinski definition) is 0. The van der Waals surface area contributed by atoms with Crippen LogP contribution in [0.3, 0.4) is 0 Å². The topological polar surface area (TPSA) is 49.6 Å². The molecule has 5 heteroatoms. The summed E-state index contributed by atoms with van der Waals surface area (Å²) in [6.45, 7) is 8.41. The second-order valence-electron chi connectivity index (χ2n) is 4.05. The van der Waals surface area contributed by atoms with Crippen LogP contribution in [0.2, 0.25) is 0 Å². The first kappa shape index (κ1) is 11.1. The summed E-state index contributed by atoms with van der Waals surface area (Å²) in [5.74, 6) is 0.656. The molecule has 1 aromatic rings. The average Bonchev–Trinajstić information content (AvgIpc) is 2.75. The maximum atomic E-state index is 12.0. The van der Waals surface area contributed by atoms with Crippen LogP contribution in [0.4, 0.5) is 0 Å². The van der Waals surface area contributed by atoms with Crippen molar-refractivity contribution in [1.29, 1.82) is 0 Å². The van der Waals surface area contributed by atoms with E-state index in [-0.39, 0.29) is 5.91 Å². The Bertz CT molecular complexity index is 367. The van der Waals surface area contributed by atoms with Crippen molar-refractivity contribution in [2.45, 2.75) is 13.8 Å². The SMILES string of the molecule is CCN1CCN(C(=O)c2cc(C)on2)CC1. The van der Waals surface area contributed by atoms with Crippen LogP contribution in [0, 0.1) is 6.92 Å². The lowest BCUT2D eigenvalue weighted by atomic mass is 10.2. The third-order valence-corrected chi connectivity index (χ3v) is 2.95. The zero-order chi connectivity index (χ0) is 11.5. The van der Waals surface area contributed by atoms with Crippen molar-refractivity contribution >= 4 is 5.91 Å². The van der Waals surface area contributed by atoms with Gasteiger partial charge in [0.1, 0.15) is 5.76 Å². The minimum Gasteiger partial charge on any atom is -0.361 e. The Hall–Kier alpha value is -1.36. The van der Waals surface area contributed by atoms with Crippen molar-refractivity contribution in [2.24, 2.45) is 0 Å². The van der Waals surface area contributed by atoms with Crippen molar-refractivity contribution < 1.29 is 9.32 Å². The molecule has 1 saturated heterocycles. The second-order valence-corrected chi connectivity index (χ2v) is 4.05. The van der Waals surface area contributed by atoms with Gasteiger partial charge in [0.15, 0.2) is 5.69 Å². The van der Waals surface area contributed by atoms with Crippen LogP contribution in [-0.2, 0) is 0 Å². The molecule has 1 aromatic heterocycles. The van der Waals surface area contributed by atoms with Gasteiger partial charge < -0.3 is 14.3 Å². The largest absolute Gasteiger partial charge is 0.361 e. The Morgan fingerprint density at radius 3 is 2.62 bits per heavy atom. The van der Waals surface area contributed by atoms with Crippen LogP contribution < -0.4 is 0 Å². The van der Waals surface area contributed by atoms with Crippen LogP contribution in [0.25, 0.3) is 0 Å². The molecule has 1 aliphatic rings. The molecule has 2 heterocycles. The second kappa shape index (κ2) is 4.65. The van der Waals surface area contributed by atoms with Crippen LogP contribution in [0.15, 0.2) is 10.6 Å². The smallest absolute Gasteiger partial charge is 0.276 e. The average molecular weight is 223 g/mol. The molecule has 1 aliphatic heterocycles. The van der Waals surface area contributed by atoms with Crippen LogP contribution in [-0.4, -0.2) is 53.6 Å². The van der Waals surface area contributed by atoms with E-state index in [9.17, 15) is 4.79 Å². The number of piperazine rings is 1. The van der Waals surface area contributed by atoms with Crippen molar-refractivity contribution in [3.63, 3.8) is 0 Å². The Kier molecular flexibility index (Phi) is 3.24. The van der Waals surface area contributed by atoms with E-state index >= 15 is 0 Å². The monoisotopic (exact) mass is 223 g/mol. The third-order valence-electron chi connectivity index (χ3n) is 2.95. The van der Waals surface area contributed by atoms with E-state index < -0.39 is 0 Å². The Labute approximate surface area is 95.0 Å². The molecule has 5 nitrogen and oxygen atoms in total. The van der Waals surface area contributed by atoms with Gasteiger partial charge in [-0.05, 0) is 13.5 Å². The number of aryl methyl sites for hydroxylation is 1. The molecule has 0 N–H and O–H groups in total. The highest BCUT2D eigenvalue weighted by atomic mass is 16.5. The maximum absolute atomic E-state index is 12.0. The summed E-state index contributed by atoms with van der Waals surface area (Å²) >= 11 is 0. The highest BCUT2D eigenvalue weighted by Crippen LogP contribution is 2.08. The third kappa shape index (κ3) is 2.24. The molecule has 0 unspecified atom stereocenters. The highest BCUT2D eigenvalue weighted by Gasteiger charge is 2.23. The number of carbonyl (C=O) groups is 1. The van der Waals surface area contributed by atoms with Gasteiger partial charge in [-0.25, -0.2) is 0 Å². The number of hydrogen-bond acceptors (Lipinski definition) is 4. The summed E-state index contributed by atoms with van der Waals surface area (Å²) in [5, 5.41) is 3.75. The van der Waals surface area contributed by atoms with Gasteiger partial charge in [0.2, 0.25) is 0 Å². The van der Waals surface area contributed by atoms with Crippen LogP contribution in [0.5, 0.6) is 0 Å². The fourth-order valence-electron chi connectivity index (χ4n) is 1.90. The molecule has 0 radical (unpaired) electrons. The lowest BCUT2D eigenvalue weighted by Crippen LogP contribution is -2.48. The van der Waals surface area contributed by atoms with E-state index in [1.54, 1.807) is 13.0 Å². The summed E-state index contributed by atoms with van der Waals surface area (Å²) in [4.78, 5) is 16.2. The maximum Gasteiger partial charge on any atom is 0.276 e. The molecule has 0 bridgehead atoms. The first-order valence-corrected chi connectivity index (χ1v) is 5.65. The fraction of sp³-hybridized carbons (Fsp3) is 0.636. The van der Waals surface area contributed by atoms with Gasteiger partial charge in [-0.1, -0.05) is 12.1 Å². The number of amides is 1. The lowest BCUT2D eigenvalue weighted by Gasteiger charge is -2.33. The van der Waals surface area contributed by atoms with Gasteiger partial charge in [0, 0.05) is 32.2 Å². The minimum absolute atomic E-state index is 0.0207. The number of likely N-dealkylation sites (N-methyl/N-ethyl adjacent to an activating group) is 1. The normalized spacial score (nSPS) is 17.8. The summed E-state index contributed by atoms with van der Waals surface area (Å²) in [5.41, 5.74) is 0.419. The van der Waals surface area contributed by atoms with Gasteiger partial charge >= 0.3 is 0 Å². The van der Waals surface area contributed by atoms with Crippen LogP contribution in [0.1, 0.15) is 23.2 Å². The van der Waals surface area contributed by atoms with Gasteiger partial charge in [-0.3, -0.25) is 4.79 Å². The number of aromatic nitrogens is 1. The first-order valence-electron chi connectivity index (χ1n) is 5.65. The number of rotatable bonds is 2. The van der Waals surface area contributed by atoms with Crippen molar-refractivity contribution in [1.82, 2.24) is 15.0 Å². The molecule has 0 saturated carbocycles.